The van der Waals surface area contributed by atoms with E-state index in [-0.39, 0.29) is 6.10 Å². The van der Waals surface area contributed by atoms with Crippen LogP contribution in [0.3, 0.4) is 0 Å². The molecule has 0 radical (unpaired) electrons. The second-order valence-corrected chi connectivity index (χ2v) is 9.44. The molecule has 1 atom stereocenters. The van der Waals surface area contributed by atoms with E-state index in [1.807, 2.05) is 19.1 Å². The van der Waals surface area contributed by atoms with Gasteiger partial charge in [-0.25, -0.2) is 13.4 Å². The first-order chi connectivity index (χ1) is 10.4. The molecule has 1 aliphatic rings. The van der Waals surface area contributed by atoms with E-state index < -0.39 is 10.0 Å². The quantitative estimate of drug-likeness (QED) is 0.788. The van der Waals surface area contributed by atoms with Gasteiger partial charge in [-0.2, -0.15) is 4.31 Å². The molecule has 0 spiro atoms. The predicted molar refractivity (Wildman–Crippen MR) is 88.8 cm³/mol. The minimum absolute atomic E-state index is 0.162. The highest BCUT2D eigenvalue weighted by Crippen LogP contribution is 2.28. The first-order valence-corrected chi connectivity index (χ1v) is 9.85. The van der Waals surface area contributed by atoms with Gasteiger partial charge in [0.05, 0.1) is 6.54 Å². The molecule has 2 aromatic rings. The van der Waals surface area contributed by atoms with Gasteiger partial charge in [0.25, 0.3) is 10.0 Å². The Morgan fingerprint density at radius 2 is 2.18 bits per heavy atom. The van der Waals surface area contributed by atoms with E-state index in [1.54, 1.807) is 18.3 Å². The molecule has 1 unspecified atom stereocenters. The highest BCUT2D eigenvalue weighted by Gasteiger charge is 2.34. The monoisotopic (exact) mass is 402 g/mol. The zero-order valence-corrected chi connectivity index (χ0v) is 15.1. The molecular formula is C14H15BrN2O3S2. The summed E-state index contributed by atoms with van der Waals surface area (Å²) < 4.78 is 33.6. The maximum absolute atomic E-state index is 12.5. The van der Waals surface area contributed by atoms with Crippen LogP contribution in [0.1, 0.15) is 11.3 Å². The Kier molecular flexibility index (Phi) is 4.54. The fourth-order valence-electron chi connectivity index (χ4n) is 2.29. The number of aromatic nitrogens is 1. The zero-order valence-electron chi connectivity index (χ0n) is 11.9. The molecule has 3 rings (SSSR count). The fraction of sp³-hybridized carbons (Fsp3) is 0.357. The summed E-state index contributed by atoms with van der Waals surface area (Å²) in [6.07, 6.45) is 2.17. The van der Waals surface area contributed by atoms with Gasteiger partial charge < -0.3 is 4.74 Å². The number of rotatable bonds is 4. The van der Waals surface area contributed by atoms with Gasteiger partial charge in [0.15, 0.2) is 0 Å². The van der Waals surface area contributed by atoms with Crippen LogP contribution in [0.2, 0.25) is 0 Å². The fourth-order valence-corrected chi connectivity index (χ4v) is 5.45. The van der Waals surface area contributed by atoms with Crippen molar-refractivity contribution in [2.75, 3.05) is 13.1 Å². The highest BCUT2D eigenvalue weighted by molar-refractivity contribution is 9.10. The topological polar surface area (TPSA) is 59.5 Å². The number of nitrogens with zero attached hydrogens (tertiary/aromatic N) is 2. The van der Waals surface area contributed by atoms with Crippen molar-refractivity contribution in [3.8, 4) is 5.88 Å². The summed E-state index contributed by atoms with van der Waals surface area (Å²) in [6.45, 7) is 2.73. The van der Waals surface area contributed by atoms with E-state index in [0.717, 1.165) is 9.35 Å². The molecule has 1 aliphatic heterocycles. The third kappa shape index (κ3) is 3.34. The van der Waals surface area contributed by atoms with Crippen LogP contribution >= 0.6 is 27.3 Å². The van der Waals surface area contributed by atoms with E-state index in [9.17, 15) is 8.42 Å². The number of hydrogen-bond acceptors (Lipinski definition) is 5. The average Bonchev–Trinajstić information content (AvgIpc) is 3.11. The summed E-state index contributed by atoms with van der Waals surface area (Å²) in [6, 6.07) is 7.11. The van der Waals surface area contributed by atoms with E-state index in [4.69, 9.17) is 4.74 Å². The number of hydrogen-bond donors (Lipinski definition) is 0. The summed E-state index contributed by atoms with van der Waals surface area (Å²) >= 11 is 4.62. The SMILES string of the molecule is Cc1ccc(S(=O)(=O)N2CCC(Oc3ccc(Br)cn3)C2)s1. The zero-order chi connectivity index (χ0) is 15.7. The first kappa shape index (κ1) is 15.9. The van der Waals surface area contributed by atoms with Crippen molar-refractivity contribution in [3.63, 3.8) is 0 Å². The Balaban J connectivity index is 1.68. The van der Waals surface area contributed by atoms with Crippen molar-refractivity contribution in [2.45, 2.75) is 23.7 Å². The summed E-state index contributed by atoms with van der Waals surface area (Å²) in [5.74, 6) is 0.513. The van der Waals surface area contributed by atoms with Crippen LogP contribution < -0.4 is 4.74 Å². The van der Waals surface area contributed by atoms with Crippen LogP contribution in [0.15, 0.2) is 39.1 Å². The lowest BCUT2D eigenvalue weighted by molar-refractivity contribution is 0.207. The van der Waals surface area contributed by atoms with Crippen molar-refractivity contribution < 1.29 is 13.2 Å². The average molecular weight is 403 g/mol. The molecular weight excluding hydrogens is 388 g/mol. The van der Waals surface area contributed by atoms with Crippen LogP contribution in [0.5, 0.6) is 5.88 Å². The molecule has 0 aromatic carbocycles. The summed E-state index contributed by atoms with van der Waals surface area (Å²) in [7, 11) is -3.41. The molecule has 22 heavy (non-hydrogen) atoms. The molecule has 1 saturated heterocycles. The lowest BCUT2D eigenvalue weighted by Crippen LogP contribution is -2.30. The Hall–Kier alpha value is -0.960. The molecule has 0 amide bonds. The summed E-state index contributed by atoms with van der Waals surface area (Å²) in [5.41, 5.74) is 0. The first-order valence-electron chi connectivity index (χ1n) is 6.80. The van der Waals surface area contributed by atoms with Crippen molar-refractivity contribution in [3.05, 3.63) is 39.8 Å². The van der Waals surface area contributed by atoms with Crippen molar-refractivity contribution in [2.24, 2.45) is 0 Å². The van der Waals surface area contributed by atoms with Crippen molar-refractivity contribution in [1.82, 2.24) is 9.29 Å². The predicted octanol–water partition coefficient (Wildman–Crippen LogP) is 3.06. The van der Waals surface area contributed by atoms with E-state index in [0.29, 0.717) is 29.6 Å². The Labute approximate surface area is 142 Å². The highest BCUT2D eigenvalue weighted by atomic mass is 79.9. The Morgan fingerprint density at radius 3 is 2.82 bits per heavy atom. The van der Waals surface area contributed by atoms with Crippen LogP contribution in [0.25, 0.3) is 0 Å². The second kappa shape index (κ2) is 6.27. The largest absolute Gasteiger partial charge is 0.473 e. The normalized spacial score (nSPS) is 19.5. The smallest absolute Gasteiger partial charge is 0.252 e. The molecule has 1 fully saturated rings. The molecule has 8 heteroatoms. The van der Waals surface area contributed by atoms with Crippen LogP contribution in [0, 0.1) is 6.92 Å². The van der Waals surface area contributed by atoms with Gasteiger partial charge in [0.2, 0.25) is 5.88 Å². The second-order valence-electron chi connectivity index (χ2n) is 5.07. The van der Waals surface area contributed by atoms with E-state index >= 15 is 0 Å². The minimum atomic E-state index is -3.41. The molecule has 118 valence electrons. The Bertz CT molecular complexity index is 759. The molecule has 5 nitrogen and oxygen atoms in total. The number of sulfonamides is 1. The lowest BCUT2D eigenvalue weighted by Gasteiger charge is -2.16. The van der Waals surface area contributed by atoms with Gasteiger partial charge in [0, 0.05) is 28.2 Å². The third-order valence-electron chi connectivity index (χ3n) is 3.41. The molecule has 0 N–H and O–H groups in total. The number of aryl methyl sites for hydroxylation is 1. The molecule has 0 saturated carbocycles. The van der Waals surface area contributed by atoms with Crippen LogP contribution in [-0.4, -0.2) is 36.9 Å². The summed E-state index contributed by atoms with van der Waals surface area (Å²) in [4.78, 5) is 5.15. The van der Waals surface area contributed by atoms with E-state index in [1.165, 1.54) is 15.6 Å². The minimum Gasteiger partial charge on any atom is -0.473 e. The standard InChI is InChI=1S/C14H15BrN2O3S2/c1-10-2-5-14(21-10)22(18,19)17-7-6-12(9-17)20-13-4-3-11(15)8-16-13/h2-5,8,12H,6-7,9H2,1H3. The molecule has 2 aromatic heterocycles. The molecule has 3 heterocycles. The van der Waals surface area contributed by atoms with Crippen molar-refractivity contribution in [1.29, 1.82) is 0 Å². The van der Waals surface area contributed by atoms with Gasteiger partial charge in [0.1, 0.15) is 10.3 Å². The van der Waals surface area contributed by atoms with Gasteiger partial charge in [-0.05, 0) is 47.5 Å². The van der Waals surface area contributed by atoms with Crippen molar-refractivity contribution >= 4 is 37.3 Å². The van der Waals surface area contributed by atoms with Gasteiger partial charge in [-0.3, -0.25) is 0 Å². The van der Waals surface area contributed by atoms with Gasteiger partial charge in [-0.15, -0.1) is 11.3 Å². The number of pyridine rings is 1. The number of halogens is 1. The third-order valence-corrected chi connectivity index (χ3v) is 7.21. The van der Waals surface area contributed by atoms with Gasteiger partial charge in [-0.1, -0.05) is 0 Å². The molecule has 0 bridgehead atoms. The number of thiophene rings is 1. The van der Waals surface area contributed by atoms with E-state index in [2.05, 4.69) is 20.9 Å². The molecule has 0 aliphatic carbocycles. The lowest BCUT2D eigenvalue weighted by atomic mass is 10.3. The van der Waals surface area contributed by atoms with Crippen LogP contribution in [-0.2, 0) is 10.0 Å². The van der Waals surface area contributed by atoms with Gasteiger partial charge >= 0.3 is 0 Å². The maximum atomic E-state index is 12.5. The maximum Gasteiger partial charge on any atom is 0.252 e. The Morgan fingerprint density at radius 1 is 1.36 bits per heavy atom. The van der Waals surface area contributed by atoms with Crippen LogP contribution in [0.4, 0.5) is 0 Å². The number of ether oxygens (including phenoxy) is 1. The summed E-state index contributed by atoms with van der Waals surface area (Å²) in [5, 5.41) is 0.